The van der Waals surface area contributed by atoms with Crippen molar-refractivity contribution in [2.45, 2.75) is 26.3 Å². The third kappa shape index (κ3) is 3.87. The Morgan fingerprint density at radius 2 is 1.80 bits per heavy atom. The molecule has 0 saturated carbocycles. The molecule has 0 radical (unpaired) electrons. The zero-order chi connectivity index (χ0) is 21.3. The van der Waals surface area contributed by atoms with E-state index in [2.05, 4.69) is 6.92 Å². The zero-order valence-corrected chi connectivity index (χ0v) is 17.7. The molecule has 1 aliphatic rings. The normalized spacial score (nSPS) is 19.0. The summed E-state index contributed by atoms with van der Waals surface area (Å²) in [7, 11) is 3.13. The number of ether oxygens (including phenoxy) is 2. The van der Waals surface area contributed by atoms with Crippen molar-refractivity contribution in [1.82, 2.24) is 0 Å². The molecular formula is C24H28NO5+. The molecule has 30 heavy (non-hydrogen) atoms. The summed E-state index contributed by atoms with van der Waals surface area (Å²) >= 11 is 0. The van der Waals surface area contributed by atoms with Crippen molar-refractivity contribution in [2.75, 3.05) is 27.3 Å². The lowest BCUT2D eigenvalue weighted by Gasteiger charge is -2.27. The van der Waals surface area contributed by atoms with E-state index in [9.17, 15) is 9.90 Å². The average molecular weight is 410 g/mol. The van der Waals surface area contributed by atoms with E-state index >= 15 is 0 Å². The van der Waals surface area contributed by atoms with Crippen LogP contribution in [0.1, 0.15) is 25.3 Å². The lowest BCUT2D eigenvalue weighted by Crippen LogP contribution is -3.11. The molecule has 6 heteroatoms. The van der Waals surface area contributed by atoms with Gasteiger partial charge in [-0.15, -0.1) is 0 Å². The van der Waals surface area contributed by atoms with Gasteiger partial charge in [0.1, 0.15) is 12.3 Å². The first-order chi connectivity index (χ1) is 14.5. The maximum Gasteiger partial charge on any atom is 0.344 e. The lowest BCUT2D eigenvalue weighted by molar-refractivity contribution is -0.919. The van der Waals surface area contributed by atoms with Crippen molar-refractivity contribution in [1.29, 1.82) is 0 Å². The van der Waals surface area contributed by atoms with Gasteiger partial charge in [0.2, 0.25) is 0 Å². The molecule has 2 heterocycles. The van der Waals surface area contributed by atoms with Crippen LogP contribution in [0.5, 0.6) is 17.2 Å². The van der Waals surface area contributed by atoms with Crippen LogP contribution in [0, 0.1) is 5.92 Å². The average Bonchev–Trinajstić information content (AvgIpc) is 2.76. The maximum absolute atomic E-state index is 12.9. The fourth-order valence-corrected chi connectivity index (χ4v) is 4.20. The molecule has 158 valence electrons. The number of phenolic OH excluding ortho intramolecular Hbond substituents is 1. The molecule has 0 spiro atoms. The van der Waals surface area contributed by atoms with Gasteiger partial charge in [-0.25, -0.2) is 4.79 Å². The highest BCUT2D eigenvalue weighted by atomic mass is 16.5. The van der Waals surface area contributed by atoms with Crippen LogP contribution in [-0.2, 0) is 6.54 Å². The first kappa shape index (κ1) is 20.3. The highest BCUT2D eigenvalue weighted by Crippen LogP contribution is 2.33. The van der Waals surface area contributed by atoms with Crippen molar-refractivity contribution in [2.24, 2.45) is 5.92 Å². The Balaban J connectivity index is 1.75. The SMILES string of the molecule is COc1ccc(-c2cc3ccc(O)c(C[NH+]4CCC(C)CC4)c3oc2=O)cc1OC. The van der Waals surface area contributed by atoms with E-state index in [0.29, 0.717) is 40.3 Å². The molecule has 0 bridgehead atoms. The molecule has 1 aromatic heterocycles. The number of hydrogen-bond acceptors (Lipinski definition) is 5. The Morgan fingerprint density at radius 3 is 2.50 bits per heavy atom. The maximum atomic E-state index is 12.9. The highest BCUT2D eigenvalue weighted by molar-refractivity contribution is 5.86. The minimum Gasteiger partial charge on any atom is -0.507 e. The van der Waals surface area contributed by atoms with Crippen LogP contribution < -0.4 is 20.0 Å². The third-order valence-electron chi connectivity index (χ3n) is 6.08. The van der Waals surface area contributed by atoms with Gasteiger partial charge in [-0.2, -0.15) is 0 Å². The van der Waals surface area contributed by atoms with Crippen molar-refractivity contribution in [3.8, 4) is 28.4 Å². The first-order valence-electron chi connectivity index (χ1n) is 10.3. The number of hydrogen-bond donors (Lipinski definition) is 2. The Hall–Kier alpha value is -2.99. The summed E-state index contributed by atoms with van der Waals surface area (Å²) in [5.41, 5.74) is 1.86. The van der Waals surface area contributed by atoms with E-state index in [1.165, 1.54) is 17.7 Å². The largest absolute Gasteiger partial charge is 0.507 e. The van der Waals surface area contributed by atoms with Gasteiger partial charge < -0.3 is 23.9 Å². The highest BCUT2D eigenvalue weighted by Gasteiger charge is 2.23. The van der Waals surface area contributed by atoms with Crippen molar-refractivity contribution in [3.05, 3.63) is 52.4 Å². The number of methoxy groups -OCH3 is 2. The molecule has 4 rings (SSSR count). The summed E-state index contributed by atoms with van der Waals surface area (Å²) in [5, 5.41) is 11.3. The lowest BCUT2D eigenvalue weighted by atomic mass is 9.98. The van der Waals surface area contributed by atoms with Crippen molar-refractivity contribution < 1.29 is 23.9 Å². The second kappa shape index (κ2) is 8.40. The molecule has 1 saturated heterocycles. The second-order valence-electron chi connectivity index (χ2n) is 8.11. The van der Waals surface area contributed by atoms with Gasteiger partial charge in [-0.05, 0) is 54.7 Å². The molecule has 0 unspecified atom stereocenters. The number of benzene rings is 2. The van der Waals surface area contributed by atoms with Gasteiger partial charge in [0, 0.05) is 5.39 Å². The summed E-state index contributed by atoms with van der Waals surface area (Å²) in [5.74, 6) is 2.06. The van der Waals surface area contributed by atoms with Crippen LogP contribution >= 0.6 is 0 Å². The predicted octanol–water partition coefficient (Wildman–Crippen LogP) is 3.00. The molecule has 2 N–H and O–H groups in total. The zero-order valence-electron chi connectivity index (χ0n) is 17.7. The fraction of sp³-hybridized carbons (Fsp3) is 0.375. The summed E-state index contributed by atoms with van der Waals surface area (Å²) in [6.45, 7) is 5.05. The number of likely N-dealkylation sites (tertiary alicyclic amines) is 1. The van der Waals surface area contributed by atoms with E-state index in [1.807, 2.05) is 6.07 Å². The topological polar surface area (TPSA) is 73.3 Å². The number of piperidine rings is 1. The van der Waals surface area contributed by atoms with Gasteiger partial charge in [0.05, 0.1) is 38.4 Å². The molecule has 0 atom stereocenters. The van der Waals surface area contributed by atoms with Gasteiger partial charge in [-0.1, -0.05) is 13.0 Å². The Kier molecular flexibility index (Phi) is 5.68. The number of fused-ring (bicyclic) bond motifs is 1. The molecule has 0 aliphatic carbocycles. The summed E-state index contributed by atoms with van der Waals surface area (Å²) in [4.78, 5) is 14.3. The molecule has 2 aromatic carbocycles. The summed E-state index contributed by atoms with van der Waals surface area (Å²) in [6, 6.07) is 10.6. The molecule has 1 fully saturated rings. The van der Waals surface area contributed by atoms with Crippen LogP contribution in [0.3, 0.4) is 0 Å². The minimum atomic E-state index is -0.441. The van der Waals surface area contributed by atoms with Gasteiger partial charge in [-0.3, -0.25) is 0 Å². The second-order valence-corrected chi connectivity index (χ2v) is 8.11. The van der Waals surface area contributed by atoms with Crippen molar-refractivity contribution >= 4 is 11.0 Å². The van der Waals surface area contributed by atoms with E-state index in [4.69, 9.17) is 13.9 Å². The van der Waals surface area contributed by atoms with Crippen LogP contribution in [0.2, 0.25) is 0 Å². The van der Waals surface area contributed by atoms with Gasteiger partial charge in [0.15, 0.2) is 17.1 Å². The van der Waals surface area contributed by atoms with Crippen LogP contribution in [0.25, 0.3) is 22.1 Å². The van der Waals surface area contributed by atoms with E-state index < -0.39 is 5.63 Å². The van der Waals surface area contributed by atoms with E-state index in [0.717, 1.165) is 24.4 Å². The monoisotopic (exact) mass is 410 g/mol. The number of rotatable bonds is 5. The Morgan fingerprint density at radius 1 is 1.07 bits per heavy atom. The number of aromatic hydroxyl groups is 1. The fourth-order valence-electron chi connectivity index (χ4n) is 4.20. The minimum absolute atomic E-state index is 0.177. The number of nitrogens with one attached hydrogen (secondary N) is 1. The van der Waals surface area contributed by atoms with Crippen LogP contribution in [0.15, 0.2) is 45.6 Å². The summed E-state index contributed by atoms with van der Waals surface area (Å²) in [6.07, 6.45) is 2.35. The Bertz CT molecular complexity index is 1110. The van der Waals surface area contributed by atoms with E-state index in [-0.39, 0.29) is 5.75 Å². The summed E-state index contributed by atoms with van der Waals surface area (Å²) < 4.78 is 16.4. The molecule has 6 nitrogen and oxygen atoms in total. The smallest absolute Gasteiger partial charge is 0.344 e. The molecule has 1 aliphatic heterocycles. The van der Waals surface area contributed by atoms with Gasteiger partial charge >= 0.3 is 5.63 Å². The third-order valence-corrected chi connectivity index (χ3v) is 6.08. The number of quaternary nitrogens is 1. The van der Waals surface area contributed by atoms with Crippen molar-refractivity contribution in [3.63, 3.8) is 0 Å². The van der Waals surface area contributed by atoms with Crippen LogP contribution in [0.4, 0.5) is 0 Å². The first-order valence-corrected chi connectivity index (χ1v) is 10.3. The molecule has 3 aromatic rings. The van der Waals surface area contributed by atoms with Crippen LogP contribution in [-0.4, -0.2) is 32.4 Å². The predicted molar refractivity (Wildman–Crippen MR) is 115 cm³/mol. The molecular weight excluding hydrogens is 382 g/mol. The Labute approximate surface area is 175 Å². The van der Waals surface area contributed by atoms with E-state index in [1.54, 1.807) is 44.6 Å². The molecule has 0 amide bonds. The standard InChI is InChI=1S/C24H27NO5/c1-15-8-10-25(11-9-15)14-19-20(26)6-4-17-12-18(24(27)30-23(17)19)16-5-7-21(28-2)22(13-16)29-3/h4-7,12-13,15,26H,8-11,14H2,1-3H3/p+1. The number of phenols is 1. The van der Waals surface area contributed by atoms with Gasteiger partial charge in [0.25, 0.3) is 0 Å². The quantitative estimate of drug-likeness (QED) is 0.633.